The highest BCUT2D eigenvalue weighted by Crippen LogP contribution is 2.21. The zero-order chi connectivity index (χ0) is 9.42. The Morgan fingerprint density at radius 3 is 2.92 bits per heavy atom. The van der Waals surface area contributed by atoms with Crippen molar-refractivity contribution in [3.05, 3.63) is 28.6 Å². The SMILES string of the molecule is COc1ccc2c(=O)n(C)sc2c1. The van der Waals surface area contributed by atoms with Crippen LogP contribution in [-0.4, -0.2) is 11.1 Å². The first-order valence-electron chi connectivity index (χ1n) is 3.86. The summed E-state index contributed by atoms with van der Waals surface area (Å²) in [5, 5.41) is 0.758. The third-order valence-corrected chi connectivity index (χ3v) is 2.91. The Morgan fingerprint density at radius 1 is 1.46 bits per heavy atom. The number of nitrogens with zero attached hydrogens (tertiary/aromatic N) is 1. The van der Waals surface area contributed by atoms with Crippen molar-refractivity contribution in [3.63, 3.8) is 0 Å². The smallest absolute Gasteiger partial charge is 0.268 e. The van der Waals surface area contributed by atoms with Crippen molar-refractivity contribution < 1.29 is 4.74 Å². The summed E-state index contributed by atoms with van der Waals surface area (Å²) in [5.41, 5.74) is 0.0580. The summed E-state index contributed by atoms with van der Waals surface area (Å²) in [4.78, 5) is 11.5. The van der Waals surface area contributed by atoms with Crippen LogP contribution in [0.5, 0.6) is 5.75 Å². The number of aromatic nitrogens is 1. The molecule has 1 aromatic carbocycles. The maximum Gasteiger partial charge on any atom is 0.268 e. The average molecular weight is 195 g/mol. The van der Waals surface area contributed by atoms with Gasteiger partial charge in [-0.15, -0.1) is 0 Å². The minimum absolute atomic E-state index is 0.0580. The van der Waals surface area contributed by atoms with E-state index in [4.69, 9.17) is 4.74 Å². The van der Waals surface area contributed by atoms with Crippen molar-refractivity contribution in [1.29, 1.82) is 0 Å². The second-order valence-electron chi connectivity index (χ2n) is 2.76. The van der Waals surface area contributed by atoms with Gasteiger partial charge in [0, 0.05) is 7.05 Å². The summed E-state index contributed by atoms with van der Waals surface area (Å²) in [6.07, 6.45) is 0. The Labute approximate surface area is 79.3 Å². The molecule has 0 saturated carbocycles. The van der Waals surface area contributed by atoms with Crippen LogP contribution in [-0.2, 0) is 7.05 Å². The van der Waals surface area contributed by atoms with Crippen LogP contribution in [0, 0.1) is 0 Å². The lowest BCUT2D eigenvalue weighted by Crippen LogP contribution is -2.07. The monoisotopic (exact) mass is 195 g/mol. The topological polar surface area (TPSA) is 31.2 Å². The first-order valence-corrected chi connectivity index (χ1v) is 4.64. The molecule has 0 unspecified atom stereocenters. The quantitative estimate of drug-likeness (QED) is 0.692. The van der Waals surface area contributed by atoms with Gasteiger partial charge in [-0.2, -0.15) is 0 Å². The zero-order valence-corrected chi connectivity index (χ0v) is 8.22. The van der Waals surface area contributed by atoms with Crippen LogP contribution in [0.3, 0.4) is 0 Å². The van der Waals surface area contributed by atoms with Gasteiger partial charge in [0.05, 0.1) is 17.2 Å². The second kappa shape index (κ2) is 2.88. The Balaban J connectivity index is 2.80. The van der Waals surface area contributed by atoms with E-state index in [9.17, 15) is 4.79 Å². The Kier molecular flexibility index (Phi) is 1.84. The van der Waals surface area contributed by atoms with E-state index in [1.807, 2.05) is 6.07 Å². The summed E-state index contributed by atoms with van der Waals surface area (Å²) < 4.78 is 7.65. The summed E-state index contributed by atoms with van der Waals surface area (Å²) in [7, 11) is 3.38. The van der Waals surface area contributed by atoms with E-state index >= 15 is 0 Å². The molecule has 0 aliphatic rings. The van der Waals surface area contributed by atoms with Gasteiger partial charge >= 0.3 is 0 Å². The van der Waals surface area contributed by atoms with Gasteiger partial charge in [-0.3, -0.25) is 8.75 Å². The number of hydrogen-bond acceptors (Lipinski definition) is 3. The molecule has 4 heteroatoms. The van der Waals surface area contributed by atoms with Gasteiger partial charge in [0.15, 0.2) is 0 Å². The molecule has 2 rings (SSSR count). The fourth-order valence-electron chi connectivity index (χ4n) is 1.24. The first kappa shape index (κ1) is 8.31. The number of fused-ring (bicyclic) bond motifs is 1. The highest BCUT2D eigenvalue weighted by atomic mass is 32.1. The number of aryl methyl sites for hydroxylation is 1. The van der Waals surface area contributed by atoms with Crippen molar-refractivity contribution in [2.24, 2.45) is 7.05 Å². The molecule has 0 atom stereocenters. The van der Waals surface area contributed by atoms with E-state index in [0.29, 0.717) is 0 Å². The molecule has 0 aliphatic carbocycles. The molecule has 0 amide bonds. The van der Waals surface area contributed by atoms with Crippen molar-refractivity contribution in [1.82, 2.24) is 3.96 Å². The summed E-state index contributed by atoms with van der Waals surface area (Å²) in [5.74, 6) is 0.786. The van der Waals surface area contributed by atoms with Crippen LogP contribution in [0.1, 0.15) is 0 Å². The maximum atomic E-state index is 11.5. The van der Waals surface area contributed by atoms with Crippen LogP contribution in [0.2, 0.25) is 0 Å². The highest BCUT2D eigenvalue weighted by Gasteiger charge is 2.04. The molecule has 0 fully saturated rings. The van der Waals surface area contributed by atoms with E-state index in [1.54, 1.807) is 30.2 Å². The first-order chi connectivity index (χ1) is 6.22. The summed E-state index contributed by atoms with van der Waals surface area (Å²) in [6.45, 7) is 0. The molecule has 1 aromatic heterocycles. The fraction of sp³-hybridized carbons (Fsp3) is 0.222. The number of benzene rings is 1. The molecular weight excluding hydrogens is 186 g/mol. The van der Waals surface area contributed by atoms with Gasteiger partial charge in [0.1, 0.15) is 5.75 Å². The van der Waals surface area contributed by atoms with Crippen molar-refractivity contribution in [2.75, 3.05) is 7.11 Å². The molecule has 3 nitrogen and oxygen atoms in total. The predicted octanol–water partition coefficient (Wildman–Crippen LogP) is 1.61. The van der Waals surface area contributed by atoms with Crippen LogP contribution in [0.25, 0.3) is 10.1 Å². The lowest BCUT2D eigenvalue weighted by Gasteiger charge is -1.96. The molecule has 13 heavy (non-hydrogen) atoms. The maximum absolute atomic E-state index is 11.5. The van der Waals surface area contributed by atoms with Crippen LogP contribution >= 0.6 is 11.5 Å². The van der Waals surface area contributed by atoms with Crippen molar-refractivity contribution in [3.8, 4) is 5.75 Å². The van der Waals surface area contributed by atoms with E-state index < -0.39 is 0 Å². The third-order valence-electron chi connectivity index (χ3n) is 1.94. The summed E-state index contributed by atoms with van der Waals surface area (Å²) >= 11 is 1.43. The minimum atomic E-state index is 0.0580. The van der Waals surface area contributed by atoms with Gasteiger partial charge < -0.3 is 4.74 Å². The average Bonchev–Trinajstić information content (AvgIpc) is 2.42. The largest absolute Gasteiger partial charge is 0.497 e. The van der Waals surface area contributed by atoms with Crippen molar-refractivity contribution >= 4 is 21.6 Å². The van der Waals surface area contributed by atoms with Crippen molar-refractivity contribution in [2.45, 2.75) is 0 Å². The minimum Gasteiger partial charge on any atom is -0.497 e. The van der Waals surface area contributed by atoms with Crippen LogP contribution < -0.4 is 10.3 Å². The number of hydrogen-bond donors (Lipinski definition) is 0. The highest BCUT2D eigenvalue weighted by molar-refractivity contribution is 7.13. The Bertz CT molecular complexity index is 498. The van der Waals surface area contributed by atoms with Gasteiger partial charge in [0.2, 0.25) is 0 Å². The van der Waals surface area contributed by atoms with Gasteiger partial charge in [-0.1, -0.05) is 11.5 Å². The van der Waals surface area contributed by atoms with Gasteiger partial charge in [-0.25, -0.2) is 0 Å². The molecule has 0 aliphatic heterocycles. The Morgan fingerprint density at radius 2 is 2.23 bits per heavy atom. The molecule has 0 N–H and O–H groups in total. The van der Waals surface area contributed by atoms with E-state index in [2.05, 4.69) is 0 Å². The number of methoxy groups -OCH3 is 1. The molecule has 0 spiro atoms. The predicted molar refractivity (Wildman–Crippen MR) is 53.6 cm³/mol. The van der Waals surface area contributed by atoms with E-state index in [1.165, 1.54) is 11.5 Å². The normalized spacial score (nSPS) is 10.6. The molecule has 0 radical (unpaired) electrons. The fourth-order valence-corrected chi connectivity index (χ4v) is 2.14. The van der Waals surface area contributed by atoms with E-state index in [-0.39, 0.29) is 5.56 Å². The third kappa shape index (κ3) is 1.23. The molecule has 1 heterocycles. The van der Waals surface area contributed by atoms with E-state index in [0.717, 1.165) is 15.8 Å². The molecule has 2 aromatic rings. The Hall–Kier alpha value is -1.29. The van der Waals surface area contributed by atoms with Crippen LogP contribution in [0.15, 0.2) is 23.0 Å². The van der Waals surface area contributed by atoms with Gasteiger partial charge in [0.25, 0.3) is 5.56 Å². The molecule has 68 valence electrons. The molecule has 0 saturated heterocycles. The summed E-state index contributed by atoms with van der Waals surface area (Å²) in [6, 6.07) is 5.48. The number of ether oxygens (including phenoxy) is 1. The number of rotatable bonds is 1. The lowest BCUT2D eigenvalue weighted by molar-refractivity contribution is 0.415. The molecule has 0 bridgehead atoms. The second-order valence-corrected chi connectivity index (χ2v) is 3.93. The van der Waals surface area contributed by atoms with Crippen LogP contribution in [0.4, 0.5) is 0 Å². The molecular formula is C9H9NO2S. The zero-order valence-electron chi connectivity index (χ0n) is 7.40. The van der Waals surface area contributed by atoms with Gasteiger partial charge in [-0.05, 0) is 18.2 Å². The lowest BCUT2D eigenvalue weighted by atomic mass is 10.3. The standard InChI is InChI=1S/C9H9NO2S/c1-10-9(11)7-4-3-6(12-2)5-8(7)13-10/h3-5H,1-2H3.